The molecule has 0 aliphatic carbocycles. The Labute approximate surface area is 229 Å². The van der Waals surface area contributed by atoms with Gasteiger partial charge in [-0.25, -0.2) is 0 Å². The van der Waals surface area contributed by atoms with Gasteiger partial charge < -0.3 is 10.2 Å². The molecule has 0 spiro atoms. The zero-order chi connectivity index (χ0) is 25.7. The zero-order valence-corrected chi connectivity index (χ0v) is 21.7. The lowest BCUT2D eigenvalue weighted by atomic mass is 9.94. The first-order chi connectivity index (χ1) is 17.3. The predicted octanol–water partition coefficient (Wildman–Crippen LogP) is 8.73. The van der Waals surface area contributed by atoms with Gasteiger partial charge in [-0.3, -0.25) is 9.98 Å². The minimum absolute atomic E-state index is 0.116. The maximum absolute atomic E-state index is 10.4. The van der Waals surface area contributed by atoms with Crippen LogP contribution >= 0.6 is 46.4 Å². The molecule has 0 aromatic heterocycles. The van der Waals surface area contributed by atoms with E-state index in [2.05, 4.69) is 0 Å². The van der Waals surface area contributed by atoms with E-state index in [-0.39, 0.29) is 21.5 Å². The molecule has 4 nitrogen and oxygen atoms in total. The van der Waals surface area contributed by atoms with Crippen LogP contribution in [0.5, 0.6) is 11.5 Å². The Morgan fingerprint density at radius 1 is 0.556 bits per heavy atom. The molecule has 0 bridgehead atoms. The molecule has 0 aliphatic rings. The van der Waals surface area contributed by atoms with Crippen molar-refractivity contribution >= 4 is 58.8 Å². The smallest absolute Gasteiger partial charge is 0.143 e. The number of rotatable bonds is 7. The van der Waals surface area contributed by atoms with Gasteiger partial charge in [-0.05, 0) is 35.4 Å². The molecule has 0 fully saturated rings. The third-order valence-electron chi connectivity index (χ3n) is 5.45. The van der Waals surface area contributed by atoms with Crippen LogP contribution in [0.2, 0.25) is 20.1 Å². The summed E-state index contributed by atoms with van der Waals surface area (Å²) in [5.74, 6) is -0.232. The Bertz CT molecular complexity index is 1300. The lowest BCUT2D eigenvalue weighted by Crippen LogP contribution is -2.09. The van der Waals surface area contributed by atoms with Gasteiger partial charge in [-0.2, -0.15) is 0 Å². The van der Waals surface area contributed by atoms with Crippen molar-refractivity contribution in [3.05, 3.63) is 127 Å². The minimum Gasteiger partial charge on any atom is -0.506 e. The minimum atomic E-state index is -0.501. The Hall–Kier alpha value is -3.02. The summed E-state index contributed by atoms with van der Waals surface area (Å²) in [6.07, 6.45) is 3.06. The summed E-state index contributed by atoms with van der Waals surface area (Å²) in [6.45, 7) is 0. The highest BCUT2D eigenvalue weighted by Gasteiger charge is 2.24. The number of halogens is 4. The normalized spacial score (nSPS) is 13.3. The molecular formula is C28H20Cl4N2O2. The molecule has 2 N–H and O–H groups in total. The Balaban J connectivity index is 1.84. The van der Waals surface area contributed by atoms with Crippen LogP contribution in [0.1, 0.15) is 34.3 Å². The average Bonchev–Trinajstić information content (AvgIpc) is 2.87. The van der Waals surface area contributed by atoms with Gasteiger partial charge in [0.1, 0.15) is 23.6 Å². The molecule has 0 amide bonds. The van der Waals surface area contributed by atoms with Gasteiger partial charge in [0.2, 0.25) is 0 Å². The molecule has 4 aromatic rings. The molecule has 2 atom stereocenters. The quantitative estimate of drug-likeness (QED) is 0.223. The lowest BCUT2D eigenvalue weighted by Gasteiger charge is -2.22. The molecule has 0 saturated heterocycles. The second kappa shape index (κ2) is 11.8. The van der Waals surface area contributed by atoms with Crippen molar-refractivity contribution in [3.8, 4) is 11.5 Å². The van der Waals surface area contributed by atoms with Crippen molar-refractivity contribution in [2.45, 2.75) is 12.1 Å². The number of nitrogens with zero attached hydrogens (tertiary/aromatic N) is 2. The number of aromatic hydroxyl groups is 2. The lowest BCUT2D eigenvalue weighted by molar-refractivity contribution is 0.474. The van der Waals surface area contributed by atoms with Crippen LogP contribution in [-0.2, 0) is 0 Å². The zero-order valence-electron chi connectivity index (χ0n) is 18.7. The van der Waals surface area contributed by atoms with Crippen molar-refractivity contribution in [2.75, 3.05) is 0 Å². The highest BCUT2D eigenvalue weighted by Crippen LogP contribution is 2.37. The second-order valence-corrected chi connectivity index (χ2v) is 9.61. The molecule has 0 saturated carbocycles. The molecule has 4 rings (SSSR count). The molecule has 0 aliphatic heterocycles. The van der Waals surface area contributed by atoms with E-state index in [4.69, 9.17) is 56.4 Å². The van der Waals surface area contributed by atoms with Crippen LogP contribution < -0.4 is 0 Å². The van der Waals surface area contributed by atoms with Crippen molar-refractivity contribution in [1.29, 1.82) is 0 Å². The fourth-order valence-corrected chi connectivity index (χ4v) is 4.71. The molecule has 0 heterocycles. The first-order valence-corrected chi connectivity index (χ1v) is 12.4. The molecule has 0 unspecified atom stereocenters. The van der Waals surface area contributed by atoms with E-state index in [1.54, 1.807) is 12.1 Å². The highest BCUT2D eigenvalue weighted by molar-refractivity contribution is 6.36. The fraction of sp³-hybridized carbons (Fsp3) is 0.0714. The SMILES string of the molecule is Oc1c(Cl)cc(Cl)cc1C=N[C@H](c1ccccc1)[C@H](N=Cc1cc(Cl)cc(Cl)c1O)c1ccccc1. The first-order valence-electron chi connectivity index (χ1n) is 10.9. The average molecular weight is 558 g/mol. The van der Waals surface area contributed by atoms with Crippen LogP contribution in [0.15, 0.2) is 94.9 Å². The van der Waals surface area contributed by atoms with E-state index in [9.17, 15) is 10.2 Å². The summed E-state index contributed by atoms with van der Waals surface area (Å²) in [5.41, 5.74) is 2.54. The van der Waals surface area contributed by atoms with Crippen molar-refractivity contribution < 1.29 is 10.2 Å². The number of phenolic OH excluding ortho intramolecular Hbond substituents is 2. The highest BCUT2D eigenvalue weighted by atomic mass is 35.5. The van der Waals surface area contributed by atoms with Gasteiger partial charge in [0.05, 0.1) is 10.0 Å². The molecule has 4 aromatic carbocycles. The van der Waals surface area contributed by atoms with E-state index in [0.717, 1.165) is 11.1 Å². The van der Waals surface area contributed by atoms with E-state index >= 15 is 0 Å². The largest absolute Gasteiger partial charge is 0.506 e. The van der Waals surface area contributed by atoms with E-state index in [0.29, 0.717) is 21.2 Å². The van der Waals surface area contributed by atoms with Crippen molar-refractivity contribution in [2.24, 2.45) is 9.98 Å². The topological polar surface area (TPSA) is 65.2 Å². The third kappa shape index (κ3) is 6.21. The number of hydrogen-bond donors (Lipinski definition) is 2. The molecule has 8 heteroatoms. The van der Waals surface area contributed by atoms with Crippen molar-refractivity contribution in [1.82, 2.24) is 0 Å². The van der Waals surface area contributed by atoms with E-state index in [1.807, 2.05) is 60.7 Å². The molecule has 0 radical (unpaired) electrons. The maximum atomic E-state index is 10.4. The first kappa shape index (κ1) is 26.1. The summed E-state index contributed by atoms with van der Waals surface area (Å²) in [5, 5.41) is 21.9. The predicted molar refractivity (Wildman–Crippen MR) is 150 cm³/mol. The van der Waals surface area contributed by atoms with Gasteiger partial charge in [0.15, 0.2) is 0 Å². The number of phenols is 2. The third-order valence-corrected chi connectivity index (χ3v) is 6.46. The molecule has 182 valence electrons. The summed E-state index contributed by atoms with van der Waals surface area (Å²) in [4.78, 5) is 9.65. The summed E-state index contributed by atoms with van der Waals surface area (Å²) < 4.78 is 0. The number of hydrogen-bond acceptors (Lipinski definition) is 4. The monoisotopic (exact) mass is 556 g/mol. The van der Waals surface area contributed by atoms with Crippen molar-refractivity contribution in [3.63, 3.8) is 0 Å². The summed E-state index contributed by atoms with van der Waals surface area (Å²) >= 11 is 24.5. The van der Waals surface area contributed by atoms with Crippen LogP contribution in [-0.4, -0.2) is 22.6 Å². The standard InChI is InChI=1S/C28H20Cl4N2O2/c29-21-11-19(27(35)23(31)13-21)15-33-25(17-7-3-1-4-8-17)26(18-9-5-2-6-10-18)34-16-20-12-22(30)14-24(32)28(20)36/h1-16,25-26,35-36H/t25-,26-/m1/s1. The van der Waals surface area contributed by atoms with Crippen LogP contribution in [0.4, 0.5) is 0 Å². The van der Waals surface area contributed by atoms with Gasteiger partial charge in [0.25, 0.3) is 0 Å². The Morgan fingerprint density at radius 3 is 1.28 bits per heavy atom. The van der Waals surface area contributed by atoms with E-state index < -0.39 is 12.1 Å². The van der Waals surface area contributed by atoms with Crippen LogP contribution in [0.3, 0.4) is 0 Å². The summed E-state index contributed by atoms with van der Waals surface area (Å²) in [7, 11) is 0. The number of benzene rings is 4. The van der Waals surface area contributed by atoms with Gasteiger partial charge in [-0.1, -0.05) is 107 Å². The van der Waals surface area contributed by atoms with Gasteiger partial charge in [0, 0.05) is 33.6 Å². The van der Waals surface area contributed by atoms with Gasteiger partial charge >= 0.3 is 0 Å². The second-order valence-electron chi connectivity index (χ2n) is 7.92. The fourth-order valence-electron chi connectivity index (χ4n) is 3.69. The van der Waals surface area contributed by atoms with E-state index in [1.165, 1.54) is 24.6 Å². The van der Waals surface area contributed by atoms with Gasteiger partial charge in [-0.15, -0.1) is 0 Å². The van der Waals surface area contributed by atoms with Crippen LogP contribution in [0, 0.1) is 0 Å². The maximum Gasteiger partial charge on any atom is 0.143 e. The number of aliphatic imine (C=N–C) groups is 2. The molecular weight excluding hydrogens is 538 g/mol. The summed E-state index contributed by atoms with van der Waals surface area (Å²) in [6, 6.07) is 24.4. The molecule has 36 heavy (non-hydrogen) atoms. The van der Waals surface area contributed by atoms with Crippen LogP contribution in [0.25, 0.3) is 0 Å². The Morgan fingerprint density at radius 2 is 0.917 bits per heavy atom. The Kier molecular flexibility index (Phi) is 8.55.